The van der Waals surface area contributed by atoms with Gasteiger partial charge in [-0.25, -0.2) is 4.68 Å². The van der Waals surface area contributed by atoms with E-state index < -0.39 is 0 Å². The first-order valence-corrected chi connectivity index (χ1v) is 6.38. The van der Waals surface area contributed by atoms with Gasteiger partial charge in [0.1, 0.15) is 16.8 Å². The van der Waals surface area contributed by atoms with Crippen LogP contribution in [-0.4, -0.2) is 14.9 Å². The zero-order valence-electron chi connectivity index (χ0n) is 10.1. The fraction of sp³-hybridized carbons (Fsp3) is 0.0833. The average molecular weight is 270 g/mol. The number of rotatable bonds is 1. The Morgan fingerprint density at radius 1 is 1.42 bits per heavy atom. The van der Waals surface area contributed by atoms with Gasteiger partial charge in [-0.3, -0.25) is 5.43 Å². The van der Waals surface area contributed by atoms with Gasteiger partial charge in [-0.15, -0.1) is 10.2 Å². The molecule has 0 unspecified atom stereocenters. The quantitative estimate of drug-likeness (QED) is 0.816. The first-order chi connectivity index (χ1) is 9.19. The van der Waals surface area contributed by atoms with E-state index in [0.29, 0.717) is 21.7 Å². The second-order valence-electron chi connectivity index (χ2n) is 4.08. The molecule has 2 aromatic rings. The van der Waals surface area contributed by atoms with Crippen molar-refractivity contribution < 1.29 is 0 Å². The third-order valence-electron chi connectivity index (χ3n) is 2.68. The van der Waals surface area contributed by atoms with Gasteiger partial charge in [-0.05, 0) is 24.8 Å². The van der Waals surface area contributed by atoms with Crippen molar-refractivity contribution in [1.82, 2.24) is 14.9 Å². The molecule has 94 valence electrons. The SMILES string of the molecule is Cc1cccc(-c2nnc3n2NC(N)=C(C#N)S3)c1. The third-order valence-corrected chi connectivity index (χ3v) is 3.64. The Kier molecular flexibility index (Phi) is 2.65. The van der Waals surface area contributed by atoms with Crippen molar-refractivity contribution in [3.05, 3.63) is 40.6 Å². The summed E-state index contributed by atoms with van der Waals surface area (Å²) in [7, 11) is 0. The molecule has 6 nitrogen and oxygen atoms in total. The molecule has 1 aliphatic rings. The Labute approximate surface area is 113 Å². The molecule has 0 radical (unpaired) electrons. The molecule has 7 heteroatoms. The van der Waals surface area contributed by atoms with Crippen LogP contribution in [0.3, 0.4) is 0 Å². The Hall–Kier alpha value is -2.46. The number of nitriles is 1. The van der Waals surface area contributed by atoms with Crippen LogP contribution in [0.25, 0.3) is 11.4 Å². The monoisotopic (exact) mass is 270 g/mol. The van der Waals surface area contributed by atoms with Gasteiger partial charge in [0.2, 0.25) is 5.16 Å². The minimum atomic E-state index is 0.314. The average Bonchev–Trinajstić information content (AvgIpc) is 2.80. The smallest absolute Gasteiger partial charge is 0.216 e. The topological polar surface area (TPSA) is 92.6 Å². The number of hydrogen-bond acceptors (Lipinski definition) is 6. The number of aryl methyl sites for hydroxylation is 1. The van der Waals surface area contributed by atoms with E-state index in [4.69, 9.17) is 11.0 Å². The van der Waals surface area contributed by atoms with Crippen molar-refractivity contribution in [2.75, 3.05) is 5.43 Å². The van der Waals surface area contributed by atoms with E-state index in [1.165, 1.54) is 11.8 Å². The van der Waals surface area contributed by atoms with Crippen LogP contribution in [0.4, 0.5) is 0 Å². The lowest BCUT2D eigenvalue weighted by Crippen LogP contribution is -2.25. The lowest BCUT2D eigenvalue weighted by molar-refractivity contribution is 0.792. The van der Waals surface area contributed by atoms with Crippen LogP contribution in [-0.2, 0) is 0 Å². The number of nitrogens with one attached hydrogen (secondary N) is 1. The largest absolute Gasteiger partial charge is 0.383 e. The van der Waals surface area contributed by atoms with E-state index in [-0.39, 0.29) is 0 Å². The second kappa shape index (κ2) is 4.33. The molecular weight excluding hydrogens is 260 g/mol. The van der Waals surface area contributed by atoms with Gasteiger partial charge in [-0.2, -0.15) is 5.26 Å². The first kappa shape index (κ1) is 11.6. The highest BCUT2D eigenvalue weighted by Gasteiger charge is 2.22. The van der Waals surface area contributed by atoms with Gasteiger partial charge in [0.05, 0.1) is 0 Å². The van der Waals surface area contributed by atoms with Gasteiger partial charge in [-0.1, -0.05) is 23.8 Å². The fourth-order valence-electron chi connectivity index (χ4n) is 1.81. The highest BCUT2D eigenvalue weighted by Crippen LogP contribution is 2.31. The van der Waals surface area contributed by atoms with E-state index in [9.17, 15) is 0 Å². The van der Waals surface area contributed by atoms with Crippen LogP contribution >= 0.6 is 11.8 Å². The summed E-state index contributed by atoms with van der Waals surface area (Å²) < 4.78 is 1.69. The number of nitrogens with two attached hydrogens (primary N) is 1. The maximum absolute atomic E-state index is 8.94. The summed E-state index contributed by atoms with van der Waals surface area (Å²) in [6.45, 7) is 2.02. The molecule has 2 heterocycles. The summed E-state index contributed by atoms with van der Waals surface area (Å²) in [5, 5.41) is 17.8. The number of nitrogens with zero attached hydrogens (tertiary/aromatic N) is 4. The normalized spacial score (nSPS) is 13.7. The van der Waals surface area contributed by atoms with Crippen LogP contribution in [0.2, 0.25) is 0 Å². The van der Waals surface area contributed by atoms with Crippen LogP contribution in [0, 0.1) is 18.3 Å². The summed E-state index contributed by atoms with van der Waals surface area (Å²) in [5.74, 6) is 0.986. The molecule has 0 bridgehead atoms. The van der Waals surface area contributed by atoms with Gasteiger partial charge in [0, 0.05) is 5.56 Å². The summed E-state index contributed by atoms with van der Waals surface area (Å²) in [6, 6.07) is 9.97. The molecule has 0 spiro atoms. The summed E-state index contributed by atoms with van der Waals surface area (Å²) in [6.07, 6.45) is 0. The Balaban J connectivity index is 2.07. The van der Waals surface area contributed by atoms with Crippen LogP contribution in [0.1, 0.15) is 5.56 Å². The first-order valence-electron chi connectivity index (χ1n) is 5.56. The van der Waals surface area contributed by atoms with Crippen molar-refractivity contribution >= 4 is 11.8 Å². The highest BCUT2D eigenvalue weighted by molar-refractivity contribution is 8.03. The number of benzene rings is 1. The molecule has 3 N–H and O–H groups in total. The van der Waals surface area contributed by atoms with Crippen molar-refractivity contribution in [2.45, 2.75) is 12.1 Å². The molecule has 19 heavy (non-hydrogen) atoms. The second-order valence-corrected chi connectivity index (χ2v) is 5.06. The number of thioether (sulfide) groups is 1. The van der Waals surface area contributed by atoms with E-state index in [2.05, 4.69) is 15.6 Å². The van der Waals surface area contributed by atoms with Gasteiger partial charge in [0.15, 0.2) is 5.82 Å². The lowest BCUT2D eigenvalue weighted by atomic mass is 10.1. The van der Waals surface area contributed by atoms with Crippen molar-refractivity contribution in [1.29, 1.82) is 5.26 Å². The Morgan fingerprint density at radius 3 is 3.00 bits per heavy atom. The molecule has 0 atom stereocenters. The van der Waals surface area contributed by atoms with Crippen molar-refractivity contribution in [3.8, 4) is 17.5 Å². The van der Waals surface area contributed by atoms with Crippen LogP contribution in [0.15, 0.2) is 40.1 Å². The van der Waals surface area contributed by atoms with Gasteiger partial charge < -0.3 is 5.73 Å². The number of fused-ring (bicyclic) bond motifs is 1. The fourth-order valence-corrected chi connectivity index (χ4v) is 2.50. The standard InChI is InChI=1S/C12H10N6S/c1-7-3-2-4-8(5-7)11-15-16-12-18(11)17-10(14)9(6-13)19-12/h2-5,17H,14H2,1H3. The minimum Gasteiger partial charge on any atom is -0.383 e. The maximum Gasteiger partial charge on any atom is 0.216 e. The summed E-state index contributed by atoms with van der Waals surface area (Å²) in [4.78, 5) is 0.399. The Bertz CT molecular complexity index is 724. The molecule has 1 aromatic heterocycles. The lowest BCUT2D eigenvalue weighted by Gasteiger charge is -2.17. The predicted octanol–water partition coefficient (Wildman–Crippen LogP) is 1.55. The van der Waals surface area contributed by atoms with E-state index in [1.807, 2.05) is 37.3 Å². The Morgan fingerprint density at radius 2 is 2.26 bits per heavy atom. The van der Waals surface area contributed by atoms with Crippen molar-refractivity contribution in [3.63, 3.8) is 0 Å². The molecule has 1 aliphatic heterocycles. The van der Waals surface area contributed by atoms with E-state index in [1.54, 1.807) is 4.68 Å². The summed E-state index contributed by atoms with van der Waals surface area (Å²) in [5.41, 5.74) is 10.8. The van der Waals surface area contributed by atoms with Gasteiger partial charge in [0.25, 0.3) is 0 Å². The zero-order valence-corrected chi connectivity index (χ0v) is 10.9. The van der Waals surface area contributed by atoms with E-state index >= 15 is 0 Å². The van der Waals surface area contributed by atoms with Gasteiger partial charge >= 0.3 is 0 Å². The summed E-state index contributed by atoms with van der Waals surface area (Å²) >= 11 is 1.21. The molecule has 3 rings (SSSR count). The van der Waals surface area contributed by atoms with Crippen molar-refractivity contribution in [2.24, 2.45) is 5.73 Å². The number of allylic oxidation sites excluding steroid dienone is 1. The molecule has 1 aromatic carbocycles. The molecule has 0 amide bonds. The minimum absolute atomic E-state index is 0.314. The maximum atomic E-state index is 8.94. The molecule has 0 saturated carbocycles. The predicted molar refractivity (Wildman–Crippen MR) is 72.2 cm³/mol. The molecule has 0 saturated heterocycles. The third kappa shape index (κ3) is 1.92. The highest BCUT2D eigenvalue weighted by atomic mass is 32.2. The number of aromatic nitrogens is 3. The zero-order chi connectivity index (χ0) is 13.4. The van der Waals surface area contributed by atoms with Crippen LogP contribution in [0.5, 0.6) is 0 Å². The number of hydrogen-bond donors (Lipinski definition) is 2. The van der Waals surface area contributed by atoms with Crippen LogP contribution < -0.4 is 11.2 Å². The van der Waals surface area contributed by atoms with E-state index in [0.717, 1.165) is 11.1 Å². The molecule has 0 fully saturated rings. The molecular formula is C12H10N6S. The molecule has 0 aliphatic carbocycles.